The molecule has 4 saturated carbocycles. The number of carboxylic acid groups (broad SMARTS) is 1. The van der Waals surface area contributed by atoms with Crippen molar-refractivity contribution < 1.29 is 9.90 Å². The van der Waals surface area contributed by atoms with Crippen molar-refractivity contribution in [2.75, 3.05) is 5.32 Å². The zero-order valence-electron chi connectivity index (χ0n) is 17.0. The van der Waals surface area contributed by atoms with Gasteiger partial charge in [-0.1, -0.05) is 41.9 Å². The Morgan fingerprint density at radius 2 is 1.90 bits per heavy atom. The first kappa shape index (κ1) is 19.6. The molecule has 3 atom stereocenters. The first-order valence-corrected chi connectivity index (χ1v) is 11.0. The number of carboxylic acids is 1. The van der Waals surface area contributed by atoms with Gasteiger partial charge in [-0.05, 0) is 62.8 Å². The number of aliphatic carboxylic acids is 1. The SMILES string of the molecule is CC(Nc1cnn(C23CC4CC(CC(C(=O)O)(C4)C2)C3)c(=O)c1Cl)c1ccccc1. The Bertz CT molecular complexity index is 1040. The Kier molecular flexibility index (Phi) is 4.47. The molecular formula is C23H26ClN3O3. The second kappa shape index (κ2) is 6.84. The monoisotopic (exact) mass is 427 g/mol. The van der Waals surface area contributed by atoms with E-state index < -0.39 is 16.9 Å². The molecule has 0 radical (unpaired) electrons. The highest BCUT2D eigenvalue weighted by atomic mass is 35.5. The standard InChI is InChI=1S/C23H26ClN3O3/c1-14(17-5-3-2-4-6-17)26-18-12-25-27(20(28)19(18)24)23-10-15-7-16(11-23)9-22(8-15,13-23)21(29)30/h2-6,12,14-16,26H,7-11,13H2,1H3,(H,29,30). The summed E-state index contributed by atoms with van der Waals surface area (Å²) in [6.07, 6.45) is 6.22. The lowest BCUT2D eigenvalue weighted by Gasteiger charge is -2.60. The zero-order valence-corrected chi connectivity index (χ0v) is 17.7. The molecule has 7 heteroatoms. The van der Waals surface area contributed by atoms with Crippen LogP contribution in [0.2, 0.25) is 5.02 Å². The number of carbonyl (C=O) groups is 1. The molecule has 4 bridgehead atoms. The van der Waals surface area contributed by atoms with Crippen LogP contribution in [0.3, 0.4) is 0 Å². The van der Waals surface area contributed by atoms with Crippen LogP contribution in [0.25, 0.3) is 0 Å². The molecule has 1 heterocycles. The maximum absolute atomic E-state index is 13.3. The van der Waals surface area contributed by atoms with Gasteiger partial charge in [0.2, 0.25) is 0 Å². The average molecular weight is 428 g/mol. The lowest BCUT2D eigenvalue weighted by molar-refractivity contribution is -0.173. The maximum Gasteiger partial charge on any atom is 0.309 e. The highest BCUT2D eigenvalue weighted by molar-refractivity contribution is 6.32. The van der Waals surface area contributed by atoms with E-state index in [0.717, 1.165) is 37.7 Å². The molecule has 1 aromatic carbocycles. The largest absolute Gasteiger partial charge is 0.481 e. The van der Waals surface area contributed by atoms with Crippen molar-refractivity contribution in [1.29, 1.82) is 0 Å². The number of benzene rings is 1. The maximum atomic E-state index is 13.3. The molecule has 158 valence electrons. The third-order valence-electron chi connectivity index (χ3n) is 7.52. The minimum absolute atomic E-state index is 0.0319. The molecule has 0 aliphatic heterocycles. The molecule has 0 saturated heterocycles. The molecule has 4 fully saturated rings. The Morgan fingerprint density at radius 1 is 1.23 bits per heavy atom. The summed E-state index contributed by atoms with van der Waals surface area (Å²) < 4.78 is 1.52. The second-order valence-corrected chi connectivity index (χ2v) is 10.0. The van der Waals surface area contributed by atoms with E-state index in [2.05, 4.69) is 10.4 Å². The third-order valence-corrected chi connectivity index (χ3v) is 7.89. The van der Waals surface area contributed by atoms with Gasteiger partial charge in [-0.15, -0.1) is 0 Å². The summed E-state index contributed by atoms with van der Waals surface area (Å²) in [4.78, 5) is 25.4. The highest BCUT2D eigenvalue weighted by Gasteiger charge is 2.62. The van der Waals surface area contributed by atoms with Crippen molar-refractivity contribution in [3.63, 3.8) is 0 Å². The quantitative estimate of drug-likeness (QED) is 0.736. The topological polar surface area (TPSA) is 84.2 Å². The number of rotatable bonds is 5. The van der Waals surface area contributed by atoms with Gasteiger partial charge in [-0.25, -0.2) is 4.68 Å². The molecule has 2 aromatic rings. The van der Waals surface area contributed by atoms with E-state index in [1.807, 2.05) is 37.3 Å². The Labute approximate surface area is 180 Å². The Balaban J connectivity index is 1.48. The molecule has 2 N–H and O–H groups in total. The fourth-order valence-electron chi connectivity index (χ4n) is 6.64. The molecule has 0 spiro atoms. The number of hydrogen-bond acceptors (Lipinski definition) is 4. The van der Waals surface area contributed by atoms with Gasteiger partial charge in [0.25, 0.3) is 5.56 Å². The van der Waals surface area contributed by atoms with Gasteiger partial charge in [-0.3, -0.25) is 9.59 Å². The van der Waals surface area contributed by atoms with Gasteiger partial charge in [0.15, 0.2) is 0 Å². The number of nitrogens with zero attached hydrogens (tertiary/aromatic N) is 2. The summed E-state index contributed by atoms with van der Waals surface area (Å²) >= 11 is 6.52. The summed E-state index contributed by atoms with van der Waals surface area (Å²) in [5.41, 5.74) is 0.00187. The lowest BCUT2D eigenvalue weighted by atomic mass is 9.47. The van der Waals surface area contributed by atoms with Crippen LogP contribution in [0.1, 0.15) is 57.1 Å². The molecule has 0 amide bonds. The van der Waals surface area contributed by atoms with Gasteiger partial charge in [0.1, 0.15) is 5.02 Å². The van der Waals surface area contributed by atoms with Crippen molar-refractivity contribution in [3.05, 3.63) is 57.5 Å². The highest BCUT2D eigenvalue weighted by Crippen LogP contribution is 2.63. The Morgan fingerprint density at radius 3 is 2.53 bits per heavy atom. The van der Waals surface area contributed by atoms with E-state index in [0.29, 0.717) is 23.9 Å². The fraction of sp³-hybridized carbons (Fsp3) is 0.522. The van der Waals surface area contributed by atoms with Crippen molar-refractivity contribution in [2.24, 2.45) is 17.3 Å². The van der Waals surface area contributed by atoms with E-state index in [4.69, 9.17) is 11.6 Å². The molecular weight excluding hydrogens is 402 g/mol. The smallest absolute Gasteiger partial charge is 0.309 e. The molecule has 30 heavy (non-hydrogen) atoms. The normalized spacial score (nSPS) is 32.7. The number of aromatic nitrogens is 2. The minimum Gasteiger partial charge on any atom is -0.481 e. The molecule has 4 aliphatic rings. The van der Waals surface area contributed by atoms with E-state index in [9.17, 15) is 14.7 Å². The van der Waals surface area contributed by atoms with Crippen LogP contribution < -0.4 is 10.9 Å². The average Bonchev–Trinajstić information content (AvgIpc) is 2.71. The number of hydrogen-bond donors (Lipinski definition) is 2. The lowest BCUT2D eigenvalue weighted by Crippen LogP contribution is -2.61. The van der Waals surface area contributed by atoms with E-state index >= 15 is 0 Å². The van der Waals surface area contributed by atoms with Gasteiger partial charge in [0.05, 0.1) is 22.8 Å². The molecule has 3 unspecified atom stereocenters. The predicted octanol–water partition coefficient (Wildman–Crippen LogP) is 4.45. The second-order valence-electron chi connectivity index (χ2n) is 9.64. The molecule has 4 aliphatic carbocycles. The summed E-state index contributed by atoms with van der Waals surface area (Å²) in [6, 6.07) is 9.90. The van der Waals surface area contributed by atoms with E-state index in [-0.39, 0.29) is 16.6 Å². The summed E-state index contributed by atoms with van der Waals surface area (Å²) in [5, 5.41) is 17.9. The van der Waals surface area contributed by atoms with Crippen LogP contribution in [0.15, 0.2) is 41.3 Å². The van der Waals surface area contributed by atoms with Crippen LogP contribution in [-0.2, 0) is 10.3 Å². The summed E-state index contributed by atoms with van der Waals surface area (Å²) in [6.45, 7) is 2.01. The number of nitrogens with one attached hydrogen (secondary N) is 1. The molecule has 1 aromatic heterocycles. The van der Waals surface area contributed by atoms with Gasteiger partial charge >= 0.3 is 5.97 Å². The molecule has 6 nitrogen and oxygen atoms in total. The fourth-order valence-corrected chi connectivity index (χ4v) is 6.83. The summed E-state index contributed by atoms with van der Waals surface area (Å²) in [7, 11) is 0. The van der Waals surface area contributed by atoms with E-state index in [1.54, 1.807) is 6.20 Å². The van der Waals surface area contributed by atoms with Crippen molar-refractivity contribution in [3.8, 4) is 0 Å². The summed E-state index contributed by atoms with van der Waals surface area (Å²) in [5.74, 6) is -0.0495. The first-order valence-electron chi connectivity index (χ1n) is 10.7. The first-order chi connectivity index (χ1) is 14.3. The third kappa shape index (κ3) is 2.96. The zero-order chi connectivity index (χ0) is 21.1. The van der Waals surface area contributed by atoms with E-state index in [1.165, 1.54) is 4.68 Å². The predicted molar refractivity (Wildman–Crippen MR) is 115 cm³/mol. The Hall–Kier alpha value is -2.34. The van der Waals surface area contributed by atoms with Gasteiger partial charge < -0.3 is 10.4 Å². The van der Waals surface area contributed by atoms with Gasteiger partial charge in [0, 0.05) is 6.04 Å². The number of halogens is 1. The van der Waals surface area contributed by atoms with Crippen LogP contribution >= 0.6 is 11.6 Å². The molecule has 6 rings (SSSR count). The van der Waals surface area contributed by atoms with Crippen LogP contribution in [0.4, 0.5) is 5.69 Å². The van der Waals surface area contributed by atoms with Crippen molar-refractivity contribution in [2.45, 2.75) is 57.0 Å². The van der Waals surface area contributed by atoms with Gasteiger partial charge in [-0.2, -0.15) is 5.10 Å². The number of anilines is 1. The van der Waals surface area contributed by atoms with Crippen LogP contribution in [0.5, 0.6) is 0 Å². The van der Waals surface area contributed by atoms with Crippen LogP contribution in [-0.4, -0.2) is 20.9 Å². The minimum atomic E-state index is -0.727. The van der Waals surface area contributed by atoms with Crippen molar-refractivity contribution in [1.82, 2.24) is 9.78 Å². The van der Waals surface area contributed by atoms with Crippen LogP contribution in [0, 0.1) is 17.3 Å². The van der Waals surface area contributed by atoms with Crippen molar-refractivity contribution >= 4 is 23.3 Å².